The average Bonchev–Trinajstić information content (AvgIpc) is 2.88. The van der Waals surface area contributed by atoms with Crippen LogP contribution in [0.5, 0.6) is 5.75 Å². The number of hydrogen-bond donors (Lipinski definition) is 3. The number of likely N-dealkylation sites (N-methyl/N-ethyl adjacent to an activating group) is 1. The third kappa shape index (κ3) is 3.45. The summed E-state index contributed by atoms with van der Waals surface area (Å²) in [4.78, 5) is 14.6. The van der Waals surface area contributed by atoms with Crippen LogP contribution in [-0.2, 0) is 0 Å². The van der Waals surface area contributed by atoms with Crippen molar-refractivity contribution in [1.29, 1.82) is 0 Å². The van der Waals surface area contributed by atoms with Crippen LogP contribution in [0.15, 0.2) is 12.1 Å². The average molecular weight is 328 g/mol. The maximum absolute atomic E-state index is 12.5. The smallest absolute Gasteiger partial charge is 0.255 e. The van der Waals surface area contributed by atoms with Crippen molar-refractivity contribution in [2.24, 2.45) is 0 Å². The quantitative estimate of drug-likeness (QED) is 0.705. The lowest BCUT2D eigenvalue weighted by molar-refractivity contribution is 0.0935. The number of benzene rings is 1. The van der Waals surface area contributed by atoms with Gasteiger partial charge in [-0.1, -0.05) is 18.5 Å². The Balaban J connectivity index is 2.13. The summed E-state index contributed by atoms with van der Waals surface area (Å²) in [5.41, 5.74) is 6.49. The normalized spacial score (nSPS) is 21.8. The Labute approximate surface area is 135 Å². The number of likely N-dealkylation sites (tertiary alicyclic amines) is 1. The number of hydrogen-bond acceptors (Lipinski definition) is 5. The highest BCUT2D eigenvalue weighted by Gasteiger charge is 2.32. The van der Waals surface area contributed by atoms with E-state index in [4.69, 9.17) is 22.1 Å². The molecule has 6 nitrogen and oxygen atoms in total. The van der Waals surface area contributed by atoms with E-state index in [0.717, 1.165) is 6.54 Å². The van der Waals surface area contributed by atoms with Crippen LogP contribution < -0.4 is 15.8 Å². The van der Waals surface area contributed by atoms with Crippen molar-refractivity contribution in [3.63, 3.8) is 0 Å². The standard InChI is InChI=1S/C15H22ClN3O3/c1-3-19-7-10(6-11(19)8-20)18-15(21)12-4-9(16)5-13(17)14(12)22-2/h4-5,10-11,20H,3,6-8,17H2,1-2H3,(H,18,21)/t10-,11-/m0/s1. The molecule has 0 saturated carbocycles. The monoisotopic (exact) mass is 327 g/mol. The third-order valence-electron chi connectivity index (χ3n) is 4.01. The van der Waals surface area contributed by atoms with Crippen molar-refractivity contribution in [3.8, 4) is 5.75 Å². The number of nitrogens with two attached hydrogens (primary N) is 1. The lowest BCUT2D eigenvalue weighted by Gasteiger charge is -2.19. The number of aliphatic hydroxyl groups is 1. The van der Waals surface area contributed by atoms with E-state index in [1.54, 1.807) is 12.1 Å². The van der Waals surface area contributed by atoms with Gasteiger partial charge < -0.3 is 20.9 Å². The zero-order valence-corrected chi connectivity index (χ0v) is 13.6. The number of nitrogen functional groups attached to an aromatic ring is 1. The number of amides is 1. The Morgan fingerprint density at radius 1 is 1.59 bits per heavy atom. The van der Waals surface area contributed by atoms with E-state index in [9.17, 15) is 9.90 Å². The summed E-state index contributed by atoms with van der Waals surface area (Å²) in [7, 11) is 1.46. The zero-order valence-electron chi connectivity index (χ0n) is 12.8. The summed E-state index contributed by atoms with van der Waals surface area (Å²) in [6.45, 7) is 3.68. The maximum atomic E-state index is 12.5. The second-order valence-electron chi connectivity index (χ2n) is 5.41. The number of anilines is 1. The van der Waals surface area contributed by atoms with E-state index in [0.29, 0.717) is 35.0 Å². The molecule has 1 aliphatic heterocycles. The van der Waals surface area contributed by atoms with E-state index >= 15 is 0 Å². The second kappa shape index (κ2) is 7.17. The molecule has 1 aromatic carbocycles. The van der Waals surface area contributed by atoms with Gasteiger partial charge in [-0.05, 0) is 25.1 Å². The predicted molar refractivity (Wildman–Crippen MR) is 86.4 cm³/mol. The fraction of sp³-hybridized carbons (Fsp3) is 0.533. The molecule has 0 spiro atoms. The molecule has 22 heavy (non-hydrogen) atoms. The van der Waals surface area contributed by atoms with Crippen molar-refractivity contribution in [1.82, 2.24) is 10.2 Å². The Kier molecular flexibility index (Phi) is 5.50. The number of ether oxygens (including phenoxy) is 1. The van der Waals surface area contributed by atoms with Gasteiger partial charge in [0.1, 0.15) is 0 Å². The first-order valence-electron chi connectivity index (χ1n) is 7.28. The SMILES string of the molecule is CCN1C[C@@H](NC(=O)c2cc(Cl)cc(N)c2OC)C[C@H]1CO. The van der Waals surface area contributed by atoms with Gasteiger partial charge in [0.2, 0.25) is 0 Å². The van der Waals surface area contributed by atoms with Crippen LogP contribution in [0.3, 0.4) is 0 Å². The number of halogens is 1. The van der Waals surface area contributed by atoms with Crippen molar-refractivity contribution in [2.75, 3.05) is 32.5 Å². The van der Waals surface area contributed by atoms with E-state index in [1.165, 1.54) is 7.11 Å². The van der Waals surface area contributed by atoms with Crippen LogP contribution in [0.1, 0.15) is 23.7 Å². The number of carbonyl (C=O) groups is 1. The summed E-state index contributed by atoms with van der Waals surface area (Å²) in [5, 5.41) is 12.7. The summed E-state index contributed by atoms with van der Waals surface area (Å²) >= 11 is 5.97. The molecular formula is C15H22ClN3O3. The lowest BCUT2D eigenvalue weighted by atomic mass is 10.1. The highest BCUT2D eigenvalue weighted by atomic mass is 35.5. The lowest BCUT2D eigenvalue weighted by Crippen LogP contribution is -2.37. The topological polar surface area (TPSA) is 87.8 Å². The second-order valence-corrected chi connectivity index (χ2v) is 5.84. The number of aliphatic hydroxyl groups excluding tert-OH is 1. The van der Waals surface area contributed by atoms with Gasteiger partial charge >= 0.3 is 0 Å². The van der Waals surface area contributed by atoms with Crippen molar-refractivity contribution < 1.29 is 14.6 Å². The Hall–Kier alpha value is -1.50. The highest BCUT2D eigenvalue weighted by molar-refractivity contribution is 6.31. The maximum Gasteiger partial charge on any atom is 0.255 e. The van der Waals surface area contributed by atoms with Gasteiger partial charge in [-0.3, -0.25) is 9.69 Å². The van der Waals surface area contributed by atoms with Gasteiger partial charge in [-0.25, -0.2) is 0 Å². The summed E-state index contributed by atoms with van der Waals surface area (Å²) in [5.74, 6) is 0.0524. The fourth-order valence-electron chi connectivity index (χ4n) is 2.94. The minimum atomic E-state index is -0.273. The fourth-order valence-corrected chi connectivity index (χ4v) is 3.17. The summed E-state index contributed by atoms with van der Waals surface area (Å²) in [6.07, 6.45) is 0.717. The Bertz CT molecular complexity index is 541. The Morgan fingerprint density at radius 3 is 2.86 bits per heavy atom. The van der Waals surface area contributed by atoms with Crippen LogP contribution >= 0.6 is 11.6 Å². The first-order chi connectivity index (χ1) is 10.5. The molecule has 7 heteroatoms. The van der Waals surface area contributed by atoms with Crippen LogP contribution in [-0.4, -0.2) is 54.8 Å². The molecule has 1 aliphatic rings. The molecule has 1 amide bonds. The predicted octanol–water partition coefficient (Wildman–Crippen LogP) is 1.12. The number of rotatable bonds is 5. The van der Waals surface area contributed by atoms with Crippen LogP contribution in [0.4, 0.5) is 5.69 Å². The summed E-state index contributed by atoms with van der Waals surface area (Å²) in [6, 6.07) is 3.16. The molecule has 122 valence electrons. The molecule has 2 atom stereocenters. The van der Waals surface area contributed by atoms with Crippen molar-refractivity contribution in [3.05, 3.63) is 22.7 Å². The van der Waals surface area contributed by atoms with E-state index < -0.39 is 0 Å². The minimum absolute atomic E-state index is 0.0190. The largest absolute Gasteiger partial charge is 0.494 e. The van der Waals surface area contributed by atoms with E-state index in [-0.39, 0.29) is 24.6 Å². The van der Waals surface area contributed by atoms with Gasteiger partial charge in [0.05, 0.1) is 25.0 Å². The molecular weight excluding hydrogens is 306 g/mol. The Morgan fingerprint density at radius 2 is 2.32 bits per heavy atom. The molecule has 0 radical (unpaired) electrons. The van der Waals surface area contributed by atoms with Crippen LogP contribution in [0.2, 0.25) is 5.02 Å². The zero-order chi connectivity index (χ0) is 16.3. The van der Waals surface area contributed by atoms with Gasteiger partial charge in [0, 0.05) is 23.7 Å². The van der Waals surface area contributed by atoms with Gasteiger partial charge in [-0.2, -0.15) is 0 Å². The number of nitrogens with zero attached hydrogens (tertiary/aromatic N) is 1. The van der Waals surface area contributed by atoms with Crippen molar-refractivity contribution in [2.45, 2.75) is 25.4 Å². The molecule has 0 aliphatic carbocycles. The minimum Gasteiger partial charge on any atom is -0.494 e. The molecule has 4 N–H and O–H groups in total. The molecule has 1 heterocycles. The van der Waals surface area contributed by atoms with Crippen LogP contribution in [0, 0.1) is 0 Å². The van der Waals surface area contributed by atoms with Gasteiger partial charge in [-0.15, -0.1) is 0 Å². The molecule has 1 saturated heterocycles. The first-order valence-corrected chi connectivity index (χ1v) is 7.66. The number of nitrogens with one attached hydrogen (secondary N) is 1. The molecule has 0 bridgehead atoms. The van der Waals surface area contributed by atoms with Gasteiger partial charge in [0.25, 0.3) is 5.91 Å². The van der Waals surface area contributed by atoms with Crippen molar-refractivity contribution >= 4 is 23.2 Å². The molecule has 2 rings (SSSR count). The van der Waals surface area contributed by atoms with Gasteiger partial charge in [0.15, 0.2) is 5.75 Å². The van der Waals surface area contributed by atoms with E-state index in [2.05, 4.69) is 10.2 Å². The summed E-state index contributed by atoms with van der Waals surface area (Å²) < 4.78 is 5.21. The molecule has 0 unspecified atom stereocenters. The van der Waals surface area contributed by atoms with Crippen LogP contribution in [0.25, 0.3) is 0 Å². The molecule has 1 fully saturated rings. The van der Waals surface area contributed by atoms with E-state index in [1.807, 2.05) is 6.92 Å². The third-order valence-corrected chi connectivity index (χ3v) is 4.23. The first kappa shape index (κ1) is 16.9. The number of carbonyl (C=O) groups excluding carboxylic acids is 1. The molecule has 0 aromatic heterocycles. The number of methoxy groups -OCH3 is 1. The highest BCUT2D eigenvalue weighted by Crippen LogP contribution is 2.30. The molecule has 1 aromatic rings.